The summed E-state index contributed by atoms with van der Waals surface area (Å²) in [4.78, 5) is 12.0. The smallest absolute Gasteiger partial charge is 0.251 e. The van der Waals surface area contributed by atoms with Gasteiger partial charge >= 0.3 is 0 Å². The molecule has 1 amide bonds. The topological polar surface area (TPSA) is 72.9 Å². The zero-order valence-electron chi connectivity index (χ0n) is 11.7. The van der Waals surface area contributed by atoms with Crippen LogP contribution in [0, 0.1) is 19.7 Å². The summed E-state index contributed by atoms with van der Waals surface area (Å²) in [6.07, 6.45) is 0. The van der Waals surface area contributed by atoms with Gasteiger partial charge in [0.2, 0.25) is 0 Å². The van der Waals surface area contributed by atoms with Crippen LogP contribution in [0.2, 0.25) is 0 Å². The lowest BCUT2D eigenvalue weighted by Crippen LogP contribution is -2.23. The first-order valence-electron chi connectivity index (χ1n) is 6.22. The third-order valence-electron chi connectivity index (χ3n) is 3.27. The molecule has 20 heavy (non-hydrogen) atoms. The van der Waals surface area contributed by atoms with Crippen LogP contribution < -0.4 is 11.1 Å². The van der Waals surface area contributed by atoms with Gasteiger partial charge in [0, 0.05) is 36.1 Å². The van der Waals surface area contributed by atoms with Crippen LogP contribution in [-0.2, 0) is 13.6 Å². The molecule has 0 radical (unpaired) electrons. The van der Waals surface area contributed by atoms with Gasteiger partial charge in [0.25, 0.3) is 5.91 Å². The number of anilines is 1. The maximum atomic E-state index is 13.2. The number of benzene rings is 1. The number of nitrogen functional groups attached to an aromatic ring is 1. The summed E-state index contributed by atoms with van der Waals surface area (Å²) in [5.41, 5.74) is 8.77. The van der Waals surface area contributed by atoms with Crippen molar-refractivity contribution in [2.75, 3.05) is 5.73 Å². The molecule has 0 aliphatic carbocycles. The Labute approximate surface area is 116 Å². The van der Waals surface area contributed by atoms with E-state index in [1.807, 2.05) is 20.9 Å². The molecule has 1 aromatic heterocycles. The van der Waals surface area contributed by atoms with E-state index in [9.17, 15) is 9.18 Å². The Morgan fingerprint density at radius 3 is 2.65 bits per heavy atom. The van der Waals surface area contributed by atoms with Crippen LogP contribution in [0.15, 0.2) is 18.2 Å². The summed E-state index contributed by atoms with van der Waals surface area (Å²) in [6, 6.07) is 3.78. The summed E-state index contributed by atoms with van der Waals surface area (Å²) < 4.78 is 15.0. The molecule has 0 saturated carbocycles. The molecule has 0 bridgehead atoms. The lowest BCUT2D eigenvalue weighted by Gasteiger charge is -2.07. The van der Waals surface area contributed by atoms with Crippen molar-refractivity contribution in [3.63, 3.8) is 0 Å². The maximum absolute atomic E-state index is 13.2. The molecule has 6 heteroatoms. The van der Waals surface area contributed by atoms with Gasteiger partial charge in [0.1, 0.15) is 5.82 Å². The standard InChI is InChI=1S/C14H17FN4O/c1-8-13(9(2)19(3)18-8)7-17-14(20)10-4-11(15)6-12(16)5-10/h4-6H,7,16H2,1-3H3,(H,17,20). The van der Waals surface area contributed by atoms with E-state index in [2.05, 4.69) is 10.4 Å². The van der Waals surface area contributed by atoms with E-state index in [4.69, 9.17) is 5.73 Å². The number of hydrogen-bond donors (Lipinski definition) is 2. The predicted molar refractivity (Wildman–Crippen MR) is 74.7 cm³/mol. The molecule has 1 heterocycles. The molecule has 106 valence electrons. The molecule has 0 fully saturated rings. The number of nitrogens with zero attached hydrogens (tertiary/aromatic N) is 2. The zero-order valence-corrected chi connectivity index (χ0v) is 11.7. The second-order valence-electron chi connectivity index (χ2n) is 4.73. The summed E-state index contributed by atoms with van der Waals surface area (Å²) in [7, 11) is 1.85. The molecule has 0 atom stereocenters. The van der Waals surface area contributed by atoms with Crippen molar-refractivity contribution in [1.82, 2.24) is 15.1 Å². The number of aryl methyl sites for hydroxylation is 2. The molecule has 5 nitrogen and oxygen atoms in total. The van der Waals surface area contributed by atoms with E-state index in [0.29, 0.717) is 6.54 Å². The van der Waals surface area contributed by atoms with Gasteiger partial charge in [-0.1, -0.05) is 0 Å². The number of carbonyl (C=O) groups excluding carboxylic acids is 1. The Bertz CT molecular complexity index is 643. The normalized spacial score (nSPS) is 10.6. The van der Waals surface area contributed by atoms with Crippen LogP contribution in [0.4, 0.5) is 10.1 Å². The Balaban J connectivity index is 2.12. The zero-order chi connectivity index (χ0) is 14.9. The number of halogens is 1. The molecule has 0 spiro atoms. The average molecular weight is 276 g/mol. The predicted octanol–water partition coefficient (Wildman–Crippen LogP) is 1.69. The van der Waals surface area contributed by atoms with Crippen LogP contribution in [0.3, 0.4) is 0 Å². The van der Waals surface area contributed by atoms with E-state index >= 15 is 0 Å². The second-order valence-corrected chi connectivity index (χ2v) is 4.73. The SMILES string of the molecule is Cc1nn(C)c(C)c1CNC(=O)c1cc(N)cc(F)c1. The first-order valence-corrected chi connectivity index (χ1v) is 6.22. The monoisotopic (exact) mass is 276 g/mol. The Kier molecular flexibility index (Phi) is 3.74. The fourth-order valence-electron chi connectivity index (χ4n) is 2.09. The number of carbonyl (C=O) groups is 1. The molecule has 0 unspecified atom stereocenters. The highest BCUT2D eigenvalue weighted by molar-refractivity contribution is 5.95. The third-order valence-corrected chi connectivity index (χ3v) is 3.27. The van der Waals surface area contributed by atoms with E-state index in [-0.39, 0.29) is 17.2 Å². The fourth-order valence-corrected chi connectivity index (χ4v) is 2.09. The highest BCUT2D eigenvalue weighted by atomic mass is 19.1. The van der Waals surface area contributed by atoms with Crippen molar-refractivity contribution in [3.8, 4) is 0 Å². The van der Waals surface area contributed by atoms with E-state index < -0.39 is 5.82 Å². The lowest BCUT2D eigenvalue weighted by atomic mass is 10.1. The minimum absolute atomic E-state index is 0.210. The Hall–Kier alpha value is -2.37. The van der Waals surface area contributed by atoms with Crippen molar-refractivity contribution in [2.45, 2.75) is 20.4 Å². The number of nitrogens with two attached hydrogens (primary N) is 1. The fraction of sp³-hybridized carbons (Fsp3) is 0.286. The van der Waals surface area contributed by atoms with Crippen LogP contribution in [0.1, 0.15) is 27.3 Å². The molecule has 0 aliphatic rings. The molecule has 3 N–H and O–H groups in total. The first kappa shape index (κ1) is 14.0. The summed E-state index contributed by atoms with van der Waals surface area (Å²) in [5, 5.41) is 7.03. The van der Waals surface area contributed by atoms with Crippen molar-refractivity contribution in [2.24, 2.45) is 7.05 Å². The van der Waals surface area contributed by atoms with Crippen molar-refractivity contribution >= 4 is 11.6 Å². The van der Waals surface area contributed by atoms with Gasteiger partial charge in [0.15, 0.2) is 0 Å². The number of hydrogen-bond acceptors (Lipinski definition) is 3. The van der Waals surface area contributed by atoms with Crippen molar-refractivity contribution in [3.05, 3.63) is 46.5 Å². The first-order chi connectivity index (χ1) is 9.38. The highest BCUT2D eigenvalue weighted by Gasteiger charge is 2.12. The Morgan fingerprint density at radius 2 is 2.10 bits per heavy atom. The van der Waals surface area contributed by atoms with Crippen LogP contribution >= 0.6 is 0 Å². The number of aromatic nitrogens is 2. The van der Waals surface area contributed by atoms with Gasteiger partial charge in [-0.05, 0) is 32.0 Å². The summed E-state index contributed by atoms with van der Waals surface area (Å²) in [6.45, 7) is 4.16. The second kappa shape index (κ2) is 5.32. The molecular formula is C14H17FN4O. The summed E-state index contributed by atoms with van der Waals surface area (Å²) in [5.74, 6) is -0.886. The van der Waals surface area contributed by atoms with Crippen molar-refractivity contribution in [1.29, 1.82) is 0 Å². The molecule has 1 aromatic carbocycles. The van der Waals surface area contributed by atoms with Crippen LogP contribution in [-0.4, -0.2) is 15.7 Å². The van der Waals surface area contributed by atoms with Crippen LogP contribution in [0.5, 0.6) is 0 Å². The number of nitrogens with one attached hydrogen (secondary N) is 1. The molecule has 0 aliphatic heterocycles. The summed E-state index contributed by atoms with van der Waals surface area (Å²) >= 11 is 0. The average Bonchev–Trinajstić information content (AvgIpc) is 2.60. The van der Waals surface area contributed by atoms with Crippen molar-refractivity contribution < 1.29 is 9.18 Å². The molecule has 0 saturated heterocycles. The molecule has 2 aromatic rings. The number of amides is 1. The van der Waals surface area contributed by atoms with Gasteiger partial charge in [-0.2, -0.15) is 5.10 Å². The molecular weight excluding hydrogens is 259 g/mol. The Morgan fingerprint density at radius 1 is 1.40 bits per heavy atom. The van der Waals surface area contributed by atoms with Crippen LogP contribution in [0.25, 0.3) is 0 Å². The number of rotatable bonds is 3. The molecule has 2 rings (SSSR count). The lowest BCUT2D eigenvalue weighted by molar-refractivity contribution is 0.0950. The maximum Gasteiger partial charge on any atom is 0.251 e. The van der Waals surface area contributed by atoms with Gasteiger partial charge in [-0.15, -0.1) is 0 Å². The van der Waals surface area contributed by atoms with E-state index in [1.54, 1.807) is 4.68 Å². The minimum Gasteiger partial charge on any atom is -0.399 e. The largest absolute Gasteiger partial charge is 0.399 e. The van der Waals surface area contributed by atoms with Gasteiger partial charge in [-0.25, -0.2) is 4.39 Å². The third kappa shape index (κ3) is 2.79. The van der Waals surface area contributed by atoms with E-state index in [1.165, 1.54) is 12.1 Å². The van der Waals surface area contributed by atoms with Gasteiger partial charge in [-0.3, -0.25) is 9.48 Å². The minimum atomic E-state index is -0.524. The quantitative estimate of drug-likeness (QED) is 0.838. The van der Waals surface area contributed by atoms with Gasteiger partial charge in [0.05, 0.1) is 5.69 Å². The van der Waals surface area contributed by atoms with Gasteiger partial charge < -0.3 is 11.1 Å². The van der Waals surface area contributed by atoms with E-state index in [0.717, 1.165) is 23.0 Å². The highest BCUT2D eigenvalue weighted by Crippen LogP contribution is 2.13.